The van der Waals surface area contributed by atoms with Gasteiger partial charge < -0.3 is 28.8 Å². The van der Waals surface area contributed by atoms with E-state index in [-0.39, 0.29) is 19.1 Å². The number of rotatable bonds is 47. The van der Waals surface area contributed by atoms with Crippen LogP contribution in [0.5, 0.6) is 0 Å². The van der Waals surface area contributed by atoms with Gasteiger partial charge in [-0.2, -0.15) is 0 Å². The summed E-state index contributed by atoms with van der Waals surface area (Å²) in [6, 6.07) is -0.886. The number of nitrogens with one attached hydrogen (secondary N) is 1. The second-order valence-corrected chi connectivity index (χ2v) is 20.3. The van der Waals surface area contributed by atoms with Crippen LogP contribution >= 0.6 is 7.82 Å². The van der Waals surface area contributed by atoms with Gasteiger partial charge >= 0.3 is 0 Å². The molecule has 0 rings (SSSR count). The quantitative estimate of drug-likeness (QED) is 0.0273. The van der Waals surface area contributed by atoms with Crippen molar-refractivity contribution in [3.8, 4) is 0 Å². The van der Waals surface area contributed by atoms with E-state index in [0.717, 1.165) is 38.5 Å². The van der Waals surface area contributed by atoms with Gasteiger partial charge in [0.15, 0.2) is 0 Å². The number of quaternary nitrogens is 1. The number of hydrogen-bond donors (Lipinski definition) is 2. The Morgan fingerprint density at radius 2 is 0.917 bits per heavy atom. The maximum absolute atomic E-state index is 12.9. The molecule has 0 radical (unpaired) electrons. The standard InChI is InChI=1S/C51H101N2O6P/c1-6-8-10-12-14-16-18-20-22-23-24-25-26-27-28-29-31-32-34-36-38-40-42-44-50(54)49(48-59-60(56,57)58-47-46-53(3,4)5)52-51(55)45-43-41-39-37-35-33-30-21-19-17-15-13-11-9-7-2/h17,19,42,44,49-50,54H,6-16,18,20-41,43,45-48H2,1-5H3,(H-,52,55,56,57)/b19-17-,44-42+. The van der Waals surface area contributed by atoms with E-state index >= 15 is 0 Å². The largest absolute Gasteiger partial charge is 0.756 e. The highest BCUT2D eigenvalue weighted by Gasteiger charge is 2.23. The first kappa shape index (κ1) is 59.0. The highest BCUT2D eigenvalue weighted by atomic mass is 31.2. The summed E-state index contributed by atoms with van der Waals surface area (Å²) in [5.74, 6) is -0.200. The number of carbonyl (C=O) groups is 1. The first-order valence-electron chi connectivity index (χ1n) is 25.7. The molecule has 0 aromatic carbocycles. The molecule has 3 atom stereocenters. The summed E-state index contributed by atoms with van der Waals surface area (Å²) in [5.41, 5.74) is 0. The van der Waals surface area contributed by atoms with Crippen molar-refractivity contribution < 1.29 is 32.9 Å². The van der Waals surface area contributed by atoms with Crippen molar-refractivity contribution >= 4 is 13.7 Å². The Hall–Kier alpha value is -1.02. The molecule has 1 amide bonds. The highest BCUT2D eigenvalue weighted by Crippen LogP contribution is 2.38. The average Bonchev–Trinajstić information content (AvgIpc) is 3.20. The van der Waals surface area contributed by atoms with Gasteiger partial charge in [-0.25, -0.2) is 0 Å². The van der Waals surface area contributed by atoms with E-state index in [2.05, 4.69) is 31.3 Å². The monoisotopic (exact) mass is 869 g/mol. The zero-order valence-electron chi connectivity index (χ0n) is 40.4. The number of aliphatic hydroxyl groups is 1. The number of phosphoric acid groups is 1. The lowest BCUT2D eigenvalue weighted by atomic mass is 10.0. The van der Waals surface area contributed by atoms with E-state index in [1.165, 1.54) is 186 Å². The van der Waals surface area contributed by atoms with Gasteiger partial charge in [0.1, 0.15) is 13.2 Å². The maximum Gasteiger partial charge on any atom is 0.268 e. The Labute approximate surface area is 373 Å². The Balaban J connectivity index is 4.27. The Morgan fingerprint density at radius 3 is 1.32 bits per heavy atom. The lowest BCUT2D eigenvalue weighted by Crippen LogP contribution is -2.45. The summed E-state index contributed by atoms with van der Waals surface area (Å²) in [6.07, 6.45) is 52.3. The normalized spacial score (nSPS) is 14.3. The van der Waals surface area contributed by atoms with E-state index in [9.17, 15) is 19.4 Å². The first-order valence-corrected chi connectivity index (χ1v) is 27.2. The van der Waals surface area contributed by atoms with Crippen LogP contribution in [0.1, 0.15) is 245 Å². The van der Waals surface area contributed by atoms with E-state index in [0.29, 0.717) is 17.4 Å². The first-order chi connectivity index (χ1) is 29.0. The molecule has 0 bridgehead atoms. The molecule has 0 aliphatic rings. The van der Waals surface area contributed by atoms with Gasteiger partial charge in [0, 0.05) is 6.42 Å². The van der Waals surface area contributed by atoms with Gasteiger partial charge in [0.2, 0.25) is 5.91 Å². The van der Waals surface area contributed by atoms with E-state index in [1.807, 2.05) is 27.2 Å². The number of allylic oxidation sites excluding steroid dienone is 3. The van der Waals surface area contributed by atoms with Gasteiger partial charge in [0.05, 0.1) is 39.9 Å². The molecule has 2 N–H and O–H groups in total. The molecular weight excluding hydrogens is 768 g/mol. The summed E-state index contributed by atoms with van der Waals surface area (Å²) in [5, 5.41) is 13.8. The number of aliphatic hydroxyl groups excluding tert-OH is 1. The predicted molar refractivity (Wildman–Crippen MR) is 256 cm³/mol. The summed E-state index contributed by atoms with van der Waals surface area (Å²) < 4.78 is 23.3. The summed E-state index contributed by atoms with van der Waals surface area (Å²) in [4.78, 5) is 25.4. The van der Waals surface area contributed by atoms with Crippen LogP contribution < -0.4 is 10.2 Å². The molecule has 0 fully saturated rings. The van der Waals surface area contributed by atoms with E-state index in [4.69, 9.17) is 9.05 Å². The lowest BCUT2D eigenvalue weighted by Gasteiger charge is -2.29. The number of unbranched alkanes of at least 4 members (excludes halogenated alkanes) is 32. The van der Waals surface area contributed by atoms with Crippen LogP contribution in [0, 0.1) is 0 Å². The average molecular weight is 869 g/mol. The molecule has 0 aromatic rings. The van der Waals surface area contributed by atoms with Gasteiger partial charge in [-0.3, -0.25) is 9.36 Å². The fourth-order valence-corrected chi connectivity index (χ4v) is 8.28. The van der Waals surface area contributed by atoms with Crippen molar-refractivity contribution in [2.24, 2.45) is 0 Å². The molecule has 0 heterocycles. The second-order valence-electron chi connectivity index (χ2n) is 18.9. The third kappa shape index (κ3) is 45.0. The summed E-state index contributed by atoms with van der Waals surface area (Å²) >= 11 is 0. The second kappa shape index (κ2) is 43.2. The highest BCUT2D eigenvalue weighted by molar-refractivity contribution is 7.45. The third-order valence-electron chi connectivity index (χ3n) is 11.7. The number of phosphoric ester groups is 1. The van der Waals surface area contributed by atoms with Gasteiger partial charge in [-0.05, 0) is 44.9 Å². The molecule has 0 aliphatic heterocycles. The number of hydrogen-bond acceptors (Lipinski definition) is 6. The minimum atomic E-state index is -4.59. The number of likely N-dealkylation sites (N-methyl/N-ethyl adjacent to an activating group) is 1. The van der Waals surface area contributed by atoms with Gasteiger partial charge in [0.25, 0.3) is 7.82 Å². The van der Waals surface area contributed by atoms with Crippen LogP contribution in [-0.4, -0.2) is 68.5 Å². The Morgan fingerprint density at radius 1 is 0.567 bits per heavy atom. The lowest BCUT2D eigenvalue weighted by molar-refractivity contribution is -0.870. The van der Waals surface area contributed by atoms with E-state index in [1.54, 1.807) is 6.08 Å². The van der Waals surface area contributed by atoms with Crippen LogP contribution in [0.2, 0.25) is 0 Å². The Bertz CT molecular complexity index is 1030. The van der Waals surface area contributed by atoms with Crippen LogP contribution in [0.25, 0.3) is 0 Å². The summed E-state index contributed by atoms with van der Waals surface area (Å²) in [6.45, 7) is 4.65. The zero-order chi connectivity index (χ0) is 44.3. The molecule has 0 saturated carbocycles. The van der Waals surface area contributed by atoms with Crippen molar-refractivity contribution in [2.75, 3.05) is 40.9 Å². The fraction of sp³-hybridized carbons (Fsp3) is 0.902. The van der Waals surface area contributed by atoms with Gasteiger partial charge in [-0.15, -0.1) is 0 Å². The number of nitrogens with zero attached hydrogens (tertiary/aromatic N) is 1. The van der Waals surface area contributed by atoms with Crippen molar-refractivity contribution in [3.63, 3.8) is 0 Å². The molecule has 9 heteroatoms. The molecule has 0 spiro atoms. The topological polar surface area (TPSA) is 108 Å². The molecule has 0 aliphatic carbocycles. The minimum absolute atomic E-state index is 0.000486. The van der Waals surface area contributed by atoms with Crippen LogP contribution in [0.15, 0.2) is 24.3 Å². The van der Waals surface area contributed by atoms with Crippen molar-refractivity contribution in [1.82, 2.24) is 5.32 Å². The van der Waals surface area contributed by atoms with Crippen LogP contribution in [-0.2, 0) is 18.4 Å². The number of carbonyl (C=O) groups excluding carboxylic acids is 1. The molecule has 0 saturated heterocycles. The fourth-order valence-electron chi connectivity index (χ4n) is 7.56. The molecule has 3 unspecified atom stereocenters. The molecule has 60 heavy (non-hydrogen) atoms. The maximum atomic E-state index is 12.9. The Kier molecular flexibility index (Phi) is 42.5. The van der Waals surface area contributed by atoms with Gasteiger partial charge in [-0.1, -0.05) is 218 Å². The molecule has 8 nitrogen and oxygen atoms in total. The predicted octanol–water partition coefficient (Wildman–Crippen LogP) is 14.2. The third-order valence-corrected chi connectivity index (χ3v) is 12.6. The number of amides is 1. The van der Waals surface area contributed by atoms with Crippen molar-refractivity contribution in [3.05, 3.63) is 24.3 Å². The zero-order valence-corrected chi connectivity index (χ0v) is 41.3. The van der Waals surface area contributed by atoms with E-state index < -0.39 is 20.0 Å². The van der Waals surface area contributed by atoms with Crippen molar-refractivity contribution in [1.29, 1.82) is 0 Å². The SMILES string of the molecule is CCCCCC/C=C\CCCCCCCCCC(=O)NC(COP(=O)([O-])OCC[N+](C)(C)C)C(O)/C=C/CCCCCCCCCCCCCCCCCCCCCCC. The minimum Gasteiger partial charge on any atom is -0.756 e. The smallest absolute Gasteiger partial charge is 0.268 e. The molecular formula is C51H101N2O6P. The molecule has 356 valence electrons. The van der Waals surface area contributed by atoms with Crippen molar-refractivity contribution in [2.45, 2.75) is 257 Å². The van der Waals surface area contributed by atoms with Crippen LogP contribution in [0.3, 0.4) is 0 Å². The summed E-state index contributed by atoms with van der Waals surface area (Å²) in [7, 11) is 1.26. The molecule has 0 aromatic heterocycles. The van der Waals surface area contributed by atoms with Crippen LogP contribution in [0.4, 0.5) is 0 Å².